The van der Waals surface area contributed by atoms with Crippen molar-refractivity contribution < 1.29 is 14.3 Å². The van der Waals surface area contributed by atoms with Crippen LogP contribution in [0.15, 0.2) is 82.6 Å². The Labute approximate surface area is 207 Å². The van der Waals surface area contributed by atoms with Crippen molar-refractivity contribution in [1.82, 2.24) is 9.97 Å². The molecule has 0 saturated heterocycles. The first-order valence-corrected chi connectivity index (χ1v) is 12.1. The van der Waals surface area contributed by atoms with Crippen LogP contribution in [-0.4, -0.2) is 22.7 Å². The molecule has 0 aliphatic carbocycles. The summed E-state index contributed by atoms with van der Waals surface area (Å²) >= 11 is 4.84. The molecule has 3 heterocycles. The average Bonchev–Trinajstić information content (AvgIpc) is 3.53. The van der Waals surface area contributed by atoms with Crippen LogP contribution in [0.3, 0.4) is 0 Å². The van der Waals surface area contributed by atoms with E-state index in [0.29, 0.717) is 27.9 Å². The van der Waals surface area contributed by atoms with E-state index in [1.54, 1.807) is 6.07 Å². The van der Waals surface area contributed by atoms with Gasteiger partial charge in [0.1, 0.15) is 0 Å². The molecule has 166 valence electrons. The zero-order valence-corrected chi connectivity index (χ0v) is 20.0. The van der Waals surface area contributed by atoms with Crippen LogP contribution in [0, 0.1) is 0 Å². The molecule has 34 heavy (non-hydrogen) atoms. The summed E-state index contributed by atoms with van der Waals surface area (Å²) in [6.07, 6.45) is 0. The van der Waals surface area contributed by atoms with Gasteiger partial charge in [-0.05, 0) is 42.5 Å². The summed E-state index contributed by atoms with van der Waals surface area (Å²) in [5.74, 6) is 1.13. The SMILES string of the molecule is O=C(Nc1nc(-c2ccc(Br)cc2)cs1)c1cc(-c2ccc3c(c2)OCO3)nc2ccccc12. The van der Waals surface area contributed by atoms with Gasteiger partial charge >= 0.3 is 0 Å². The van der Waals surface area contributed by atoms with E-state index < -0.39 is 0 Å². The van der Waals surface area contributed by atoms with Crippen LogP contribution >= 0.6 is 27.3 Å². The highest BCUT2D eigenvalue weighted by atomic mass is 79.9. The number of fused-ring (bicyclic) bond motifs is 2. The van der Waals surface area contributed by atoms with Gasteiger partial charge in [0.2, 0.25) is 6.79 Å². The Morgan fingerprint density at radius 2 is 1.68 bits per heavy atom. The lowest BCUT2D eigenvalue weighted by Gasteiger charge is -2.10. The maximum atomic E-state index is 13.4. The number of halogens is 1. The van der Waals surface area contributed by atoms with Gasteiger partial charge in [-0.2, -0.15) is 0 Å². The average molecular weight is 530 g/mol. The minimum Gasteiger partial charge on any atom is -0.454 e. The third-order valence-corrected chi connectivity index (χ3v) is 6.78. The van der Waals surface area contributed by atoms with Gasteiger partial charge < -0.3 is 9.47 Å². The van der Waals surface area contributed by atoms with Gasteiger partial charge in [-0.1, -0.05) is 46.3 Å². The number of ether oxygens (including phenoxy) is 2. The fourth-order valence-electron chi connectivity index (χ4n) is 3.82. The number of aromatic nitrogens is 2. The minimum atomic E-state index is -0.239. The summed E-state index contributed by atoms with van der Waals surface area (Å²) in [6.45, 7) is 0.202. The molecule has 1 N–H and O–H groups in total. The molecular weight excluding hydrogens is 514 g/mol. The number of para-hydroxylation sites is 1. The number of carbonyl (C=O) groups is 1. The molecule has 0 unspecified atom stereocenters. The highest BCUT2D eigenvalue weighted by Gasteiger charge is 2.18. The Morgan fingerprint density at radius 1 is 0.882 bits per heavy atom. The molecule has 0 radical (unpaired) electrons. The fourth-order valence-corrected chi connectivity index (χ4v) is 4.79. The van der Waals surface area contributed by atoms with E-state index in [2.05, 4.69) is 26.2 Å². The van der Waals surface area contributed by atoms with E-state index in [1.165, 1.54) is 11.3 Å². The van der Waals surface area contributed by atoms with Crippen LogP contribution in [0.4, 0.5) is 5.13 Å². The molecular formula is C26H16BrN3O3S. The van der Waals surface area contributed by atoms with E-state index in [1.807, 2.05) is 72.1 Å². The van der Waals surface area contributed by atoms with Crippen molar-refractivity contribution in [2.24, 2.45) is 0 Å². The first-order valence-electron chi connectivity index (χ1n) is 10.5. The molecule has 0 atom stereocenters. The van der Waals surface area contributed by atoms with Gasteiger partial charge in [0.05, 0.1) is 22.5 Å². The summed E-state index contributed by atoms with van der Waals surface area (Å²) in [4.78, 5) is 22.7. The highest BCUT2D eigenvalue weighted by molar-refractivity contribution is 9.10. The normalized spacial score (nSPS) is 12.1. The molecule has 5 aromatic rings. The molecule has 1 aliphatic heterocycles. The first kappa shape index (κ1) is 20.8. The van der Waals surface area contributed by atoms with Crippen LogP contribution in [0.1, 0.15) is 10.4 Å². The van der Waals surface area contributed by atoms with Crippen molar-refractivity contribution in [3.63, 3.8) is 0 Å². The van der Waals surface area contributed by atoms with E-state index in [0.717, 1.165) is 32.2 Å². The number of hydrogen-bond acceptors (Lipinski definition) is 6. The molecule has 3 aromatic carbocycles. The van der Waals surface area contributed by atoms with Crippen molar-refractivity contribution in [1.29, 1.82) is 0 Å². The van der Waals surface area contributed by atoms with Crippen LogP contribution < -0.4 is 14.8 Å². The zero-order chi connectivity index (χ0) is 23.1. The number of hydrogen-bond donors (Lipinski definition) is 1. The minimum absolute atomic E-state index is 0.202. The van der Waals surface area contributed by atoms with Gasteiger partial charge in [-0.3, -0.25) is 10.1 Å². The topological polar surface area (TPSA) is 73.3 Å². The van der Waals surface area contributed by atoms with Crippen molar-refractivity contribution in [3.8, 4) is 34.0 Å². The molecule has 8 heteroatoms. The predicted octanol–water partition coefficient (Wildman–Crippen LogP) is 6.77. The quantitative estimate of drug-likeness (QED) is 0.278. The van der Waals surface area contributed by atoms with E-state index in [9.17, 15) is 4.79 Å². The number of amides is 1. The third-order valence-electron chi connectivity index (χ3n) is 5.49. The second kappa shape index (κ2) is 8.55. The molecule has 6 nitrogen and oxygen atoms in total. The molecule has 0 saturated carbocycles. The largest absolute Gasteiger partial charge is 0.454 e. The lowest BCUT2D eigenvalue weighted by atomic mass is 10.0. The standard InChI is InChI=1S/C26H16BrN3O3S/c27-17-8-5-15(6-9-17)22-13-34-26(29-22)30-25(31)19-12-21(28-20-4-2-1-3-18(19)20)16-7-10-23-24(11-16)33-14-32-23/h1-13H,14H2,(H,29,30,31). The predicted molar refractivity (Wildman–Crippen MR) is 137 cm³/mol. The highest BCUT2D eigenvalue weighted by Crippen LogP contribution is 2.36. The van der Waals surface area contributed by atoms with Gasteiger partial charge in [-0.15, -0.1) is 11.3 Å². The fraction of sp³-hybridized carbons (Fsp3) is 0.0385. The van der Waals surface area contributed by atoms with Crippen LogP contribution in [0.5, 0.6) is 11.5 Å². The number of thiazole rings is 1. The summed E-state index contributed by atoms with van der Waals surface area (Å²) in [7, 11) is 0. The summed E-state index contributed by atoms with van der Waals surface area (Å²) in [5.41, 5.74) is 4.58. The number of carbonyl (C=O) groups excluding carboxylic acids is 1. The van der Waals surface area contributed by atoms with Gasteiger partial charge in [-0.25, -0.2) is 9.97 Å². The number of benzene rings is 3. The smallest absolute Gasteiger partial charge is 0.258 e. The maximum absolute atomic E-state index is 13.4. The second-order valence-electron chi connectivity index (χ2n) is 7.64. The number of nitrogens with zero attached hydrogens (tertiary/aromatic N) is 2. The Morgan fingerprint density at radius 3 is 2.56 bits per heavy atom. The summed E-state index contributed by atoms with van der Waals surface area (Å²) in [5, 5.41) is 6.20. The third kappa shape index (κ3) is 3.91. The second-order valence-corrected chi connectivity index (χ2v) is 9.41. The number of pyridine rings is 1. The van der Waals surface area contributed by atoms with Crippen molar-refractivity contribution in [2.45, 2.75) is 0 Å². The Balaban J connectivity index is 1.35. The molecule has 0 fully saturated rings. The monoisotopic (exact) mass is 529 g/mol. The van der Waals surface area contributed by atoms with Crippen molar-refractivity contribution in [3.05, 3.63) is 88.2 Å². The molecule has 2 aromatic heterocycles. The van der Waals surface area contributed by atoms with Crippen molar-refractivity contribution in [2.75, 3.05) is 12.1 Å². The molecule has 0 bridgehead atoms. The Hall–Kier alpha value is -3.75. The molecule has 1 amide bonds. The molecule has 6 rings (SSSR count). The van der Waals surface area contributed by atoms with Gasteiger partial charge in [0, 0.05) is 26.4 Å². The lowest BCUT2D eigenvalue weighted by molar-refractivity contribution is 0.102. The number of anilines is 1. The zero-order valence-electron chi connectivity index (χ0n) is 17.6. The van der Waals surface area contributed by atoms with Crippen LogP contribution in [0.25, 0.3) is 33.4 Å². The van der Waals surface area contributed by atoms with E-state index in [4.69, 9.17) is 14.5 Å². The number of rotatable bonds is 4. The van der Waals surface area contributed by atoms with E-state index in [-0.39, 0.29) is 12.7 Å². The Kier molecular flexibility index (Phi) is 5.24. The van der Waals surface area contributed by atoms with Crippen molar-refractivity contribution >= 4 is 49.2 Å². The summed E-state index contributed by atoms with van der Waals surface area (Å²) < 4.78 is 11.9. The molecule has 0 spiro atoms. The first-order chi connectivity index (χ1) is 16.6. The number of nitrogens with one attached hydrogen (secondary N) is 1. The van der Waals surface area contributed by atoms with Gasteiger partial charge in [0.25, 0.3) is 5.91 Å². The lowest BCUT2D eigenvalue weighted by Crippen LogP contribution is -2.13. The summed E-state index contributed by atoms with van der Waals surface area (Å²) in [6, 6.07) is 23.0. The Bertz CT molecular complexity index is 1550. The molecule has 1 aliphatic rings. The maximum Gasteiger partial charge on any atom is 0.258 e. The van der Waals surface area contributed by atoms with E-state index >= 15 is 0 Å². The van der Waals surface area contributed by atoms with Crippen LogP contribution in [0.2, 0.25) is 0 Å². The van der Waals surface area contributed by atoms with Gasteiger partial charge in [0.15, 0.2) is 16.6 Å². The van der Waals surface area contributed by atoms with Crippen LogP contribution in [-0.2, 0) is 0 Å².